The van der Waals surface area contributed by atoms with Gasteiger partial charge in [0.2, 0.25) is 0 Å². The van der Waals surface area contributed by atoms with Crippen molar-refractivity contribution in [1.82, 2.24) is 10.6 Å². The summed E-state index contributed by atoms with van der Waals surface area (Å²) in [4.78, 5) is 35.1. The smallest absolute Gasteiger partial charge is 0.407 e. The minimum atomic E-state index is -4.02. The van der Waals surface area contributed by atoms with Gasteiger partial charge in [0.15, 0.2) is 0 Å². The van der Waals surface area contributed by atoms with Gasteiger partial charge in [0.25, 0.3) is 5.91 Å². The number of rotatable bonds is 8. The second-order valence-corrected chi connectivity index (χ2v) is 7.83. The Balaban J connectivity index is 1.59. The summed E-state index contributed by atoms with van der Waals surface area (Å²) < 4.78 is 33.5. The van der Waals surface area contributed by atoms with Gasteiger partial charge in [-0.15, -0.1) is 0 Å². The van der Waals surface area contributed by atoms with E-state index in [0.717, 1.165) is 29.2 Å². The van der Waals surface area contributed by atoms with Crippen molar-refractivity contribution >= 4 is 18.0 Å². The number of carboxylic acid groups (broad SMARTS) is 1. The van der Waals surface area contributed by atoms with Crippen molar-refractivity contribution in [2.75, 3.05) is 13.2 Å². The minimum absolute atomic E-state index is 0.0649. The second kappa shape index (κ2) is 8.94. The molecule has 0 saturated carbocycles. The Morgan fingerprint density at radius 1 is 1.03 bits per heavy atom. The molecule has 7 nitrogen and oxygen atoms in total. The van der Waals surface area contributed by atoms with E-state index in [-0.39, 0.29) is 18.9 Å². The molecule has 2 aromatic rings. The van der Waals surface area contributed by atoms with Crippen LogP contribution in [0.25, 0.3) is 11.1 Å². The first-order valence-electron chi connectivity index (χ1n) is 10.1. The van der Waals surface area contributed by atoms with Crippen LogP contribution in [0.2, 0.25) is 0 Å². The highest BCUT2D eigenvalue weighted by atomic mass is 19.3. The average Bonchev–Trinajstić information content (AvgIpc) is 3.09. The molecule has 1 aliphatic rings. The third-order valence-corrected chi connectivity index (χ3v) is 5.70. The summed E-state index contributed by atoms with van der Waals surface area (Å²) in [5, 5.41) is 12.8. The molecular formula is C23H24F2N2O5. The number of alkyl halides is 2. The molecule has 170 valence electrons. The number of fused-ring (bicyclic) bond motifs is 3. The van der Waals surface area contributed by atoms with Gasteiger partial charge in [0, 0.05) is 5.92 Å². The predicted octanol–water partition coefficient (Wildman–Crippen LogP) is 3.53. The van der Waals surface area contributed by atoms with Crippen LogP contribution in [0.3, 0.4) is 0 Å². The van der Waals surface area contributed by atoms with Crippen LogP contribution in [0.4, 0.5) is 13.6 Å². The Morgan fingerprint density at radius 2 is 1.56 bits per heavy atom. The number of carbonyl (C=O) groups excluding carboxylic acids is 2. The number of carboxylic acids is 1. The van der Waals surface area contributed by atoms with Crippen LogP contribution < -0.4 is 10.6 Å². The summed E-state index contributed by atoms with van der Waals surface area (Å²) in [6.07, 6.45) is -1.19. The molecule has 0 saturated heterocycles. The Hall–Kier alpha value is -3.49. The maximum atomic E-state index is 14.2. The van der Waals surface area contributed by atoms with E-state index < -0.39 is 36.0 Å². The Bertz CT molecular complexity index is 997. The van der Waals surface area contributed by atoms with Crippen LogP contribution in [-0.4, -0.2) is 47.7 Å². The van der Waals surface area contributed by atoms with Crippen molar-refractivity contribution < 1.29 is 33.0 Å². The maximum absolute atomic E-state index is 14.2. The zero-order valence-corrected chi connectivity index (χ0v) is 17.7. The van der Waals surface area contributed by atoms with Gasteiger partial charge in [-0.05, 0) is 35.6 Å². The lowest BCUT2D eigenvalue weighted by molar-refractivity contribution is -0.154. The van der Waals surface area contributed by atoms with Gasteiger partial charge in [-0.25, -0.2) is 9.59 Å². The highest BCUT2D eigenvalue weighted by molar-refractivity contribution is 5.90. The third kappa shape index (κ3) is 4.56. The molecule has 0 spiro atoms. The SMILES string of the molecule is CCC(C)(NC(=O)C(F)(F)CNC(=O)OCC1c2ccccc2-c2ccccc21)C(=O)O. The van der Waals surface area contributed by atoms with Crippen LogP contribution >= 0.6 is 0 Å². The predicted molar refractivity (Wildman–Crippen MR) is 112 cm³/mol. The van der Waals surface area contributed by atoms with Gasteiger partial charge in [-0.3, -0.25) is 4.79 Å². The number of aliphatic carboxylic acids is 1. The zero-order chi connectivity index (χ0) is 23.5. The van der Waals surface area contributed by atoms with E-state index in [2.05, 4.69) is 0 Å². The van der Waals surface area contributed by atoms with Crippen molar-refractivity contribution in [1.29, 1.82) is 0 Å². The molecule has 0 radical (unpaired) electrons. The molecule has 0 aliphatic heterocycles. The number of amides is 2. The number of hydrogen-bond donors (Lipinski definition) is 3. The van der Waals surface area contributed by atoms with Gasteiger partial charge in [0.1, 0.15) is 12.1 Å². The monoisotopic (exact) mass is 446 g/mol. The normalized spacial score (nSPS) is 14.6. The molecule has 1 aliphatic carbocycles. The molecule has 3 N–H and O–H groups in total. The summed E-state index contributed by atoms with van der Waals surface area (Å²) in [5.74, 6) is -7.48. The quantitative estimate of drug-likeness (QED) is 0.576. The lowest BCUT2D eigenvalue weighted by atomic mass is 9.98. The molecule has 1 atom stereocenters. The number of nitrogens with one attached hydrogen (secondary N) is 2. The molecule has 32 heavy (non-hydrogen) atoms. The highest BCUT2D eigenvalue weighted by Crippen LogP contribution is 2.44. The van der Waals surface area contributed by atoms with Gasteiger partial charge in [-0.2, -0.15) is 8.78 Å². The summed E-state index contributed by atoms with van der Waals surface area (Å²) >= 11 is 0. The zero-order valence-electron chi connectivity index (χ0n) is 17.7. The maximum Gasteiger partial charge on any atom is 0.407 e. The molecule has 2 amide bonds. The van der Waals surface area contributed by atoms with Crippen molar-refractivity contribution in [3.05, 3.63) is 59.7 Å². The third-order valence-electron chi connectivity index (χ3n) is 5.70. The van der Waals surface area contributed by atoms with Gasteiger partial charge in [-0.1, -0.05) is 55.5 Å². The Labute approximate surface area is 183 Å². The van der Waals surface area contributed by atoms with Crippen LogP contribution in [0.1, 0.15) is 37.3 Å². The summed E-state index contributed by atoms with van der Waals surface area (Å²) in [5.41, 5.74) is 2.15. The Morgan fingerprint density at radius 3 is 2.06 bits per heavy atom. The van der Waals surface area contributed by atoms with Crippen molar-refractivity contribution in [3.63, 3.8) is 0 Å². The number of carbonyl (C=O) groups is 3. The van der Waals surface area contributed by atoms with E-state index >= 15 is 0 Å². The molecule has 0 aromatic heterocycles. The Kier molecular flexibility index (Phi) is 6.47. The van der Waals surface area contributed by atoms with E-state index in [9.17, 15) is 23.2 Å². The summed E-state index contributed by atoms with van der Waals surface area (Å²) in [6.45, 7) is 1.18. The second-order valence-electron chi connectivity index (χ2n) is 7.83. The first-order valence-corrected chi connectivity index (χ1v) is 10.1. The van der Waals surface area contributed by atoms with E-state index in [1.807, 2.05) is 59.2 Å². The fourth-order valence-corrected chi connectivity index (χ4v) is 3.55. The average molecular weight is 446 g/mol. The molecule has 3 rings (SSSR count). The summed E-state index contributed by atoms with van der Waals surface area (Å²) in [6, 6.07) is 15.3. The van der Waals surface area contributed by atoms with Crippen molar-refractivity contribution in [2.45, 2.75) is 37.6 Å². The molecule has 0 fully saturated rings. The minimum Gasteiger partial charge on any atom is -0.480 e. The number of halogens is 2. The fraction of sp³-hybridized carbons (Fsp3) is 0.348. The van der Waals surface area contributed by atoms with Gasteiger partial charge in [0.05, 0.1) is 6.54 Å². The molecular weight excluding hydrogens is 422 g/mol. The summed E-state index contributed by atoms with van der Waals surface area (Å²) in [7, 11) is 0. The first kappa shape index (κ1) is 23.2. The van der Waals surface area contributed by atoms with E-state index in [1.54, 1.807) is 0 Å². The molecule has 0 bridgehead atoms. The van der Waals surface area contributed by atoms with E-state index in [1.165, 1.54) is 6.92 Å². The van der Waals surface area contributed by atoms with Crippen molar-refractivity contribution in [3.8, 4) is 11.1 Å². The lowest BCUT2D eigenvalue weighted by Crippen LogP contribution is -2.58. The fourth-order valence-electron chi connectivity index (χ4n) is 3.55. The van der Waals surface area contributed by atoms with Gasteiger partial charge < -0.3 is 20.5 Å². The largest absolute Gasteiger partial charge is 0.480 e. The first-order chi connectivity index (χ1) is 15.1. The van der Waals surface area contributed by atoms with Crippen LogP contribution in [0.15, 0.2) is 48.5 Å². The molecule has 2 aromatic carbocycles. The molecule has 9 heteroatoms. The number of ether oxygens (including phenoxy) is 1. The molecule has 0 heterocycles. The van der Waals surface area contributed by atoms with Crippen molar-refractivity contribution in [2.24, 2.45) is 0 Å². The number of hydrogen-bond acceptors (Lipinski definition) is 4. The number of benzene rings is 2. The van der Waals surface area contributed by atoms with E-state index in [4.69, 9.17) is 9.84 Å². The van der Waals surface area contributed by atoms with Crippen LogP contribution in [0.5, 0.6) is 0 Å². The molecule has 1 unspecified atom stereocenters. The number of alkyl carbamates (subject to hydrolysis) is 1. The standard InChI is InChI=1S/C23H24F2N2O5/c1-3-22(2,20(29)30)27-19(28)23(24,25)13-26-21(31)32-12-18-16-10-6-4-8-14(16)15-9-5-7-11-17(15)18/h4-11,18H,3,12-13H2,1-2H3,(H,26,31)(H,27,28)(H,29,30). The van der Waals surface area contributed by atoms with E-state index in [0.29, 0.717) is 0 Å². The van der Waals surface area contributed by atoms with Gasteiger partial charge >= 0.3 is 18.0 Å². The lowest BCUT2D eigenvalue weighted by Gasteiger charge is -2.27. The highest BCUT2D eigenvalue weighted by Gasteiger charge is 2.44. The topological polar surface area (TPSA) is 105 Å². The van der Waals surface area contributed by atoms with Crippen LogP contribution in [-0.2, 0) is 14.3 Å². The van der Waals surface area contributed by atoms with Crippen LogP contribution in [0, 0.1) is 0 Å².